The summed E-state index contributed by atoms with van der Waals surface area (Å²) < 4.78 is 0. The minimum atomic E-state index is 0.307. The van der Waals surface area contributed by atoms with Crippen molar-refractivity contribution in [1.82, 2.24) is 4.90 Å². The summed E-state index contributed by atoms with van der Waals surface area (Å²) in [5.41, 5.74) is 4.43. The van der Waals surface area contributed by atoms with Gasteiger partial charge in [0.1, 0.15) is 5.84 Å². The van der Waals surface area contributed by atoms with Crippen molar-refractivity contribution in [3.63, 3.8) is 0 Å². The SMILES string of the molecule is C=C1C(c2ccccc2)=CC(Cl)=CN1C(=NC)C(C)CCCc1ccccc1. The van der Waals surface area contributed by atoms with Crippen molar-refractivity contribution in [2.75, 3.05) is 7.05 Å². The second-order valence-corrected chi connectivity index (χ2v) is 7.55. The maximum absolute atomic E-state index is 6.46. The van der Waals surface area contributed by atoms with E-state index in [9.17, 15) is 0 Å². The van der Waals surface area contributed by atoms with Gasteiger partial charge in [-0.1, -0.05) is 85.8 Å². The van der Waals surface area contributed by atoms with E-state index >= 15 is 0 Å². The number of hydrogen-bond donors (Lipinski definition) is 0. The molecule has 144 valence electrons. The van der Waals surface area contributed by atoms with Crippen LogP contribution in [0.2, 0.25) is 0 Å². The van der Waals surface area contributed by atoms with Crippen molar-refractivity contribution in [2.45, 2.75) is 26.2 Å². The van der Waals surface area contributed by atoms with Gasteiger partial charge in [-0.05, 0) is 36.5 Å². The Bertz CT molecular complexity index is 895. The van der Waals surface area contributed by atoms with E-state index in [-0.39, 0.29) is 0 Å². The first kappa shape index (κ1) is 20.2. The third-order valence-electron chi connectivity index (χ3n) is 5.08. The molecule has 3 heteroatoms. The summed E-state index contributed by atoms with van der Waals surface area (Å²) in [6.45, 7) is 6.57. The van der Waals surface area contributed by atoms with E-state index in [1.807, 2.05) is 37.5 Å². The third kappa shape index (κ3) is 4.82. The maximum Gasteiger partial charge on any atom is 0.110 e. The average molecular weight is 391 g/mol. The molecule has 3 rings (SSSR count). The molecule has 0 saturated heterocycles. The maximum atomic E-state index is 6.46. The van der Waals surface area contributed by atoms with Gasteiger partial charge in [0.25, 0.3) is 0 Å². The fourth-order valence-electron chi connectivity index (χ4n) is 3.61. The van der Waals surface area contributed by atoms with E-state index in [0.717, 1.165) is 41.9 Å². The summed E-state index contributed by atoms with van der Waals surface area (Å²) in [5.74, 6) is 1.30. The predicted molar refractivity (Wildman–Crippen MR) is 121 cm³/mol. The minimum Gasteiger partial charge on any atom is -0.304 e. The predicted octanol–water partition coefficient (Wildman–Crippen LogP) is 6.67. The number of aryl methyl sites for hydroxylation is 1. The fraction of sp³-hybridized carbons (Fsp3) is 0.240. The molecule has 0 amide bonds. The van der Waals surface area contributed by atoms with E-state index < -0.39 is 0 Å². The highest BCUT2D eigenvalue weighted by Crippen LogP contribution is 2.33. The highest BCUT2D eigenvalue weighted by molar-refractivity contribution is 6.32. The molecule has 0 fully saturated rings. The number of nitrogens with zero attached hydrogens (tertiary/aromatic N) is 2. The van der Waals surface area contributed by atoms with E-state index in [2.05, 4.69) is 65.9 Å². The molecule has 2 aromatic rings. The average Bonchev–Trinajstić information content (AvgIpc) is 2.72. The van der Waals surface area contributed by atoms with Crippen LogP contribution in [-0.2, 0) is 6.42 Å². The van der Waals surface area contributed by atoms with Crippen LogP contribution in [-0.4, -0.2) is 17.8 Å². The topological polar surface area (TPSA) is 15.6 Å². The quantitative estimate of drug-likeness (QED) is 0.397. The van der Waals surface area contributed by atoms with Crippen molar-refractivity contribution < 1.29 is 0 Å². The fourth-order valence-corrected chi connectivity index (χ4v) is 3.82. The summed E-state index contributed by atoms with van der Waals surface area (Å²) in [7, 11) is 1.85. The van der Waals surface area contributed by atoms with Crippen LogP contribution in [0.25, 0.3) is 5.57 Å². The van der Waals surface area contributed by atoms with Gasteiger partial charge in [-0.2, -0.15) is 0 Å². The second kappa shape index (κ2) is 9.57. The molecule has 1 aliphatic heterocycles. The lowest BCUT2D eigenvalue weighted by atomic mass is 9.96. The third-order valence-corrected chi connectivity index (χ3v) is 5.29. The molecule has 2 nitrogen and oxygen atoms in total. The van der Waals surface area contributed by atoms with Crippen molar-refractivity contribution in [3.05, 3.63) is 101 Å². The largest absolute Gasteiger partial charge is 0.304 e. The Kier molecular flexibility index (Phi) is 6.89. The van der Waals surface area contributed by atoms with Gasteiger partial charge in [-0.25, -0.2) is 0 Å². The van der Waals surface area contributed by atoms with Crippen LogP contribution >= 0.6 is 11.6 Å². The number of aliphatic imine (C=N–C) groups is 1. The standard InChI is InChI=1S/C25H27ClN2/c1-19(11-10-14-21-12-6-4-7-13-21)25(27-3)28-18-23(26)17-24(20(28)2)22-15-8-5-9-16-22/h4-9,12-13,15-19H,2,10-11,14H2,1,3H3. The Balaban J connectivity index is 1.71. The van der Waals surface area contributed by atoms with Crippen LogP contribution in [0, 0.1) is 5.92 Å². The Morgan fingerprint density at radius 3 is 2.36 bits per heavy atom. The molecule has 28 heavy (non-hydrogen) atoms. The molecule has 2 aromatic carbocycles. The first-order chi connectivity index (χ1) is 13.6. The molecule has 0 saturated carbocycles. The zero-order valence-electron chi connectivity index (χ0n) is 16.6. The molecule has 1 unspecified atom stereocenters. The summed E-state index contributed by atoms with van der Waals surface area (Å²) in [6.07, 6.45) is 7.15. The zero-order chi connectivity index (χ0) is 19.9. The first-order valence-electron chi connectivity index (χ1n) is 9.73. The molecule has 0 aromatic heterocycles. The summed E-state index contributed by atoms with van der Waals surface area (Å²) in [5, 5.41) is 0.684. The van der Waals surface area contributed by atoms with Crippen LogP contribution in [0.5, 0.6) is 0 Å². The number of allylic oxidation sites excluding steroid dienone is 3. The van der Waals surface area contributed by atoms with E-state index in [1.54, 1.807) is 0 Å². The van der Waals surface area contributed by atoms with Crippen LogP contribution < -0.4 is 0 Å². The van der Waals surface area contributed by atoms with Gasteiger partial charge in [-0.3, -0.25) is 4.99 Å². The van der Waals surface area contributed by atoms with Crippen molar-refractivity contribution in [1.29, 1.82) is 0 Å². The molecular weight excluding hydrogens is 364 g/mol. The lowest BCUT2D eigenvalue weighted by Crippen LogP contribution is -2.32. The zero-order valence-corrected chi connectivity index (χ0v) is 17.4. The number of halogens is 1. The minimum absolute atomic E-state index is 0.307. The van der Waals surface area contributed by atoms with E-state index in [1.165, 1.54) is 5.56 Å². The molecular formula is C25H27ClN2. The number of hydrogen-bond acceptors (Lipinski definition) is 1. The molecule has 1 aliphatic rings. The van der Waals surface area contributed by atoms with Crippen LogP contribution in [0.3, 0.4) is 0 Å². The van der Waals surface area contributed by atoms with Crippen LogP contribution in [0.4, 0.5) is 0 Å². The summed E-state index contributed by atoms with van der Waals surface area (Å²) >= 11 is 6.46. The van der Waals surface area contributed by atoms with Crippen molar-refractivity contribution in [2.24, 2.45) is 10.9 Å². The molecule has 1 atom stereocenters. The van der Waals surface area contributed by atoms with Crippen molar-refractivity contribution in [3.8, 4) is 0 Å². The Morgan fingerprint density at radius 2 is 1.71 bits per heavy atom. The van der Waals surface area contributed by atoms with Gasteiger partial charge in [-0.15, -0.1) is 0 Å². The summed E-state index contributed by atoms with van der Waals surface area (Å²) in [6, 6.07) is 20.9. The van der Waals surface area contributed by atoms with Gasteiger partial charge in [0, 0.05) is 30.4 Å². The summed E-state index contributed by atoms with van der Waals surface area (Å²) in [4.78, 5) is 6.65. The highest BCUT2D eigenvalue weighted by Gasteiger charge is 2.24. The monoisotopic (exact) mass is 390 g/mol. The van der Waals surface area contributed by atoms with Crippen molar-refractivity contribution >= 4 is 23.0 Å². The van der Waals surface area contributed by atoms with E-state index in [0.29, 0.717) is 11.0 Å². The van der Waals surface area contributed by atoms with E-state index in [4.69, 9.17) is 11.6 Å². The molecule has 0 radical (unpaired) electrons. The highest BCUT2D eigenvalue weighted by atomic mass is 35.5. The van der Waals surface area contributed by atoms with Gasteiger partial charge in [0.05, 0.1) is 5.03 Å². The lowest BCUT2D eigenvalue weighted by Gasteiger charge is -2.32. The lowest BCUT2D eigenvalue weighted by molar-refractivity contribution is 0.566. The van der Waals surface area contributed by atoms with Gasteiger partial charge in [0.2, 0.25) is 0 Å². The molecule has 1 heterocycles. The molecule has 0 N–H and O–H groups in total. The number of rotatable bonds is 6. The normalized spacial score (nSPS) is 15.9. The van der Waals surface area contributed by atoms with Gasteiger partial charge >= 0.3 is 0 Å². The van der Waals surface area contributed by atoms with Crippen LogP contribution in [0.1, 0.15) is 30.9 Å². The molecule has 0 bridgehead atoms. The second-order valence-electron chi connectivity index (χ2n) is 7.12. The number of benzene rings is 2. The van der Waals surface area contributed by atoms with Gasteiger partial charge in [0.15, 0.2) is 0 Å². The Labute approximate surface area is 173 Å². The smallest absolute Gasteiger partial charge is 0.110 e. The number of amidine groups is 1. The first-order valence-corrected chi connectivity index (χ1v) is 10.1. The van der Waals surface area contributed by atoms with Gasteiger partial charge < -0.3 is 4.90 Å². The Hall–Kier alpha value is -2.58. The molecule has 0 spiro atoms. The Morgan fingerprint density at radius 1 is 1.07 bits per heavy atom. The van der Waals surface area contributed by atoms with Crippen LogP contribution in [0.15, 0.2) is 95.2 Å². The molecule has 0 aliphatic carbocycles.